The van der Waals surface area contributed by atoms with Gasteiger partial charge in [0.2, 0.25) is 0 Å². The summed E-state index contributed by atoms with van der Waals surface area (Å²) in [6.07, 6.45) is 6.33. The summed E-state index contributed by atoms with van der Waals surface area (Å²) in [4.78, 5) is 0. The summed E-state index contributed by atoms with van der Waals surface area (Å²) < 4.78 is 11.8. The van der Waals surface area contributed by atoms with Crippen LogP contribution in [0.15, 0.2) is 34.4 Å². The zero-order valence-electron chi connectivity index (χ0n) is 11.3. The Bertz CT molecular complexity index is 393. The molecule has 0 aromatic carbocycles. The monoisotopic (exact) mass is 234 g/mol. The maximum absolute atomic E-state index is 5.91. The average Bonchev–Trinajstić information content (AvgIpc) is 2.96. The van der Waals surface area contributed by atoms with Crippen molar-refractivity contribution in [2.24, 2.45) is 0 Å². The molecule has 1 aliphatic heterocycles. The lowest BCUT2D eigenvalue weighted by molar-refractivity contribution is -0.122. The van der Waals surface area contributed by atoms with E-state index < -0.39 is 5.79 Å². The van der Waals surface area contributed by atoms with Crippen molar-refractivity contribution in [3.8, 4) is 0 Å². The van der Waals surface area contributed by atoms with E-state index in [0.29, 0.717) is 13.2 Å². The summed E-state index contributed by atoms with van der Waals surface area (Å²) in [6, 6.07) is 0. The molecule has 1 saturated heterocycles. The quantitative estimate of drug-likeness (QED) is 0.724. The molecule has 1 fully saturated rings. The van der Waals surface area contributed by atoms with Crippen LogP contribution in [-0.4, -0.2) is 19.0 Å². The summed E-state index contributed by atoms with van der Waals surface area (Å²) in [6.45, 7) is 9.91. The number of hydrogen-bond acceptors (Lipinski definition) is 2. The SMILES string of the molecule is CC=C(C)C1=C(C(C)=CC)C2(CC1)OCCO2. The molecule has 0 amide bonds. The molecule has 0 radical (unpaired) electrons. The van der Waals surface area contributed by atoms with E-state index in [4.69, 9.17) is 9.47 Å². The summed E-state index contributed by atoms with van der Waals surface area (Å²) in [7, 11) is 0. The van der Waals surface area contributed by atoms with Gasteiger partial charge in [0.15, 0.2) is 5.79 Å². The molecule has 1 spiro atoms. The van der Waals surface area contributed by atoms with Crippen molar-refractivity contribution in [3.63, 3.8) is 0 Å². The Kier molecular flexibility index (Phi) is 3.55. The first-order valence-electron chi connectivity index (χ1n) is 6.42. The van der Waals surface area contributed by atoms with Crippen LogP contribution in [0.4, 0.5) is 0 Å². The second-order valence-corrected chi connectivity index (χ2v) is 4.75. The minimum atomic E-state index is -0.448. The van der Waals surface area contributed by atoms with Crippen LogP contribution >= 0.6 is 0 Å². The third kappa shape index (κ3) is 2.00. The molecule has 1 heterocycles. The fraction of sp³-hybridized carbons (Fsp3) is 0.600. The van der Waals surface area contributed by atoms with Crippen molar-refractivity contribution in [3.05, 3.63) is 34.4 Å². The van der Waals surface area contributed by atoms with Crippen LogP contribution in [0.1, 0.15) is 40.5 Å². The smallest absolute Gasteiger partial charge is 0.195 e. The average molecular weight is 234 g/mol. The molecule has 17 heavy (non-hydrogen) atoms. The zero-order valence-corrected chi connectivity index (χ0v) is 11.3. The van der Waals surface area contributed by atoms with Gasteiger partial charge < -0.3 is 9.47 Å². The van der Waals surface area contributed by atoms with Crippen LogP contribution < -0.4 is 0 Å². The maximum atomic E-state index is 5.91. The van der Waals surface area contributed by atoms with Crippen LogP contribution in [0, 0.1) is 0 Å². The Hall–Kier alpha value is -0.860. The zero-order chi connectivity index (χ0) is 12.5. The molecule has 0 atom stereocenters. The van der Waals surface area contributed by atoms with Gasteiger partial charge in [-0.15, -0.1) is 0 Å². The molecule has 0 bridgehead atoms. The van der Waals surface area contributed by atoms with Crippen molar-refractivity contribution >= 4 is 0 Å². The molecule has 0 aromatic heterocycles. The molecule has 0 aromatic rings. The van der Waals surface area contributed by atoms with Gasteiger partial charge in [0, 0.05) is 12.0 Å². The Morgan fingerprint density at radius 1 is 1.06 bits per heavy atom. The minimum Gasteiger partial charge on any atom is -0.343 e. The van der Waals surface area contributed by atoms with Crippen LogP contribution in [-0.2, 0) is 9.47 Å². The molecular formula is C15H22O2. The van der Waals surface area contributed by atoms with Crippen LogP contribution in [0.3, 0.4) is 0 Å². The predicted molar refractivity (Wildman–Crippen MR) is 69.8 cm³/mol. The number of hydrogen-bond donors (Lipinski definition) is 0. The fourth-order valence-corrected chi connectivity index (χ4v) is 2.76. The van der Waals surface area contributed by atoms with Crippen molar-refractivity contribution in [1.82, 2.24) is 0 Å². The molecule has 2 aliphatic rings. The first-order valence-corrected chi connectivity index (χ1v) is 6.42. The van der Waals surface area contributed by atoms with Crippen molar-refractivity contribution in [2.45, 2.75) is 46.3 Å². The fourth-order valence-electron chi connectivity index (χ4n) is 2.76. The lowest BCUT2D eigenvalue weighted by Gasteiger charge is -2.26. The van der Waals surface area contributed by atoms with Gasteiger partial charge in [-0.1, -0.05) is 17.7 Å². The third-order valence-electron chi connectivity index (χ3n) is 3.88. The number of allylic oxidation sites excluding steroid dienone is 4. The summed E-state index contributed by atoms with van der Waals surface area (Å²) in [5.74, 6) is -0.448. The molecule has 2 nitrogen and oxygen atoms in total. The number of ether oxygens (including phenoxy) is 2. The van der Waals surface area contributed by atoms with E-state index in [2.05, 4.69) is 39.8 Å². The molecule has 1 aliphatic carbocycles. The highest BCUT2D eigenvalue weighted by Crippen LogP contribution is 2.47. The van der Waals surface area contributed by atoms with E-state index in [0.717, 1.165) is 12.8 Å². The Morgan fingerprint density at radius 3 is 2.18 bits per heavy atom. The highest BCUT2D eigenvalue weighted by molar-refractivity contribution is 5.50. The van der Waals surface area contributed by atoms with Gasteiger partial charge in [0.1, 0.15) is 0 Å². The largest absolute Gasteiger partial charge is 0.343 e. The topological polar surface area (TPSA) is 18.5 Å². The van der Waals surface area contributed by atoms with Crippen molar-refractivity contribution < 1.29 is 9.47 Å². The van der Waals surface area contributed by atoms with E-state index in [1.165, 1.54) is 22.3 Å². The molecule has 2 rings (SSSR count). The molecule has 0 N–H and O–H groups in total. The molecule has 94 valence electrons. The van der Waals surface area contributed by atoms with Gasteiger partial charge in [-0.05, 0) is 45.3 Å². The number of rotatable bonds is 2. The first kappa shape index (κ1) is 12.6. The van der Waals surface area contributed by atoms with Crippen molar-refractivity contribution in [2.75, 3.05) is 13.2 Å². The maximum Gasteiger partial charge on any atom is 0.195 e. The van der Waals surface area contributed by atoms with Crippen molar-refractivity contribution in [1.29, 1.82) is 0 Å². The highest BCUT2D eigenvalue weighted by Gasteiger charge is 2.46. The van der Waals surface area contributed by atoms with E-state index in [-0.39, 0.29) is 0 Å². The summed E-state index contributed by atoms with van der Waals surface area (Å²) in [5, 5.41) is 0. The minimum absolute atomic E-state index is 0.448. The normalized spacial score (nSPS) is 25.2. The van der Waals surface area contributed by atoms with Crippen LogP contribution in [0.25, 0.3) is 0 Å². The van der Waals surface area contributed by atoms with E-state index >= 15 is 0 Å². The van der Waals surface area contributed by atoms with Crippen LogP contribution in [0.5, 0.6) is 0 Å². The summed E-state index contributed by atoms with van der Waals surface area (Å²) in [5.41, 5.74) is 5.30. The Morgan fingerprint density at radius 2 is 1.65 bits per heavy atom. The van der Waals surface area contributed by atoms with Gasteiger partial charge in [0.25, 0.3) is 0 Å². The highest BCUT2D eigenvalue weighted by atomic mass is 16.7. The standard InChI is InChI=1S/C15H22O2/c1-5-11(3)13-7-8-15(16-9-10-17-15)14(13)12(4)6-2/h5-6H,7-10H2,1-4H3. The molecule has 2 heteroatoms. The molecular weight excluding hydrogens is 212 g/mol. The van der Waals surface area contributed by atoms with E-state index in [9.17, 15) is 0 Å². The van der Waals surface area contributed by atoms with E-state index in [1.54, 1.807) is 0 Å². The third-order valence-corrected chi connectivity index (χ3v) is 3.88. The Labute approximate surface area is 104 Å². The Balaban J connectivity index is 2.50. The summed E-state index contributed by atoms with van der Waals surface area (Å²) >= 11 is 0. The molecule has 0 unspecified atom stereocenters. The van der Waals surface area contributed by atoms with Gasteiger partial charge in [-0.2, -0.15) is 0 Å². The van der Waals surface area contributed by atoms with E-state index in [1.807, 2.05) is 0 Å². The van der Waals surface area contributed by atoms with Crippen LogP contribution in [0.2, 0.25) is 0 Å². The lowest BCUT2D eigenvalue weighted by Crippen LogP contribution is -2.30. The van der Waals surface area contributed by atoms with Gasteiger partial charge in [-0.3, -0.25) is 0 Å². The second-order valence-electron chi connectivity index (χ2n) is 4.75. The lowest BCUT2D eigenvalue weighted by atomic mass is 9.95. The van der Waals surface area contributed by atoms with Gasteiger partial charge >= 0.3 is 0 Å². The van der Waals surface area contributed by atoms with Gasteiger partial charge in [-0.25, -0.2) is 0 Å². The second kappa shape index (κ2) is 4.79. The predicted octanol–water partition coefficient (Wildman–Crippen LogP) is 3.75. The molecule has 0 saturated carbocycles. The first-order chi connectivity index (χ1) is 8.14. The van der Waals surface area contributed by atoms with Gasteiger partial charge in [0.05, 0.1) is 13.2 Å².